The van der Waals surface area contributed by atoms with Crippen molar-refractivity contribution >= 4 is 18.5 Å². The Morgan fingerprint density at radius 3 is 3.00 bits per heavy atom. The first kappa shape index (κ1) is 12.2. The monoisotopic (exact) mass is 256 g/mol. The molecule has 1 saturated heterocycles. The van der Waals surface area contributed by atoms with Crippen LogP contribution in [0.25, 0.3) is 0 Å². The molecule has 2 unspecified atom stereocenters. The standard InChI is InChI=1S/C10H12N2O4S/c13-4-6-3-12(10(17)11-9(6)15)8-2-1-7(5-14)16-8/h3-4,7-8,14H,1-2,5H2,(H,11,15,17). The minimum Gasteiger partial charge on any atom is -0.394 e. The van der Waals surface area contributed by atoms with E-state index in [1.54, 1.807) is 0 Å². The number of rotatable bonds is 3. The molecule has 2 rings (SSSR count). The van der Waals surface area contributed by atoms with Crippen LogP contribution in [-0.4, -0.2) is 33.7 Å². The molecule has 0 spiro atoms. The molecule has 0 aliphatic carbocycles. The fraction of sp³-hybridized carbons (Fsp3) is 0.500. The SMILES string of the molecule is O=Cc1cn(C2CCC(CO)O2)c(=S)[nH]c1=O. The number of H-pyrrole nitrogens is 1. The number of aromatic amines is 1. The van der Waals surface area contributed by atoms with Crippen LogP contribution in [-0.2, 0) is 4.74 Å². The van der Waals surface area contributed by atoms with E-state index in [0.717, 1.165) is 6.42 Å². The van der Waals surface area contributed by atoms with Gasteiger partial charge < -0.3 is 9.84 Å². The van der Waals surface area contributed by atoms with E-state index in [2.05, 4.69) is 4.98 Å². The molecule has 2 heterocycles. The molecule has 1 aliphatic heterocycles. The van der Waals surface area contributed by atoms with Crippen LogP contribution in [0.2, 0.25) is 0 Å². The summed E-state index contributed by atoms with van der Waals surface area (Å²) in [4.78, 5) is 24.4. The summed E-state index contributed by atoms with van der Waals surface area (Å²) >= 11 is 5.01. The number of nitrogens with one attached hydrogen (secondary N) is 1. The molecule has 0 aromatic carbocycles. The fourth-order valence-electron chi connectivity index (χ4n) is 1.82. The molecule has 0 amide bonds. The number of carbonyl (C=O) groups excluding carboxylic acids is 1. The van der Waals surface area contributed by atoms with Gasteiger partial charge in [-0.05, 0) is 25.1 Å². The van der Waals surface area contributed by atoms with Gasteiger partial charge in [0.1, 0.15) is 6.23 Å². The zero-order chi connectivity index (χ0) is 12.4. The Kier molecular flexibility index (Phi) is 3.51. The normalized spacial score (nSPS) is 23.8. The van der Waals surface area contributed by atoms with Crippen molar-refractivity contribution in [2.45, 2.75) is 25.2 Å². The van der Waals surface area contributed by atoms with Crippen molar-refractivity contribution in [3.63, 3.8) is 0 Å². The minimum atomic E-state index is -0.502. The smallest absolute Gasteiger partial charge is 0.262 e. The summed E-state index contributed by atoms with van der Waals surface area (Å²) in [5, 5.41) is 8.97. The number of aliphatic hydroxyl groups excluding tert-OH is 1. The Morgan fingerprint density at radius 1 is 1.65 bits per heavy atom. The number of hydrogen-bond donors (Lipinski definition) is 2. The van der Waals surface area contributed by atoms with Crippen LogP contribution in [0.4, 0.5) is 0 Å². The predicted octanol–water partition coefficient (Wildman–Crippen LogP) is 0.388. The van der Waals surface area contributed by atoms with Crippen molar-refractivity contribution in [3.8, 4) is 0 Å². The van der Waals surface area contributed by atoms with E-state index in [-0.39, 0.29) is 29.3 Å². The maximum absolute atomic E-state index is 11.3. The Balaban J connectivity index is 2.36. The molecule has 92 valence electrons. The van der Waals surface area contributed by atoms with Crippen LogP contribution in [0.3, 0.4) is 0 Å². The van der Waals surface area contributed by atoms with Crippen molar-refractivity contribution < 1.29 is 14.6 Å². The van der Waals surface area contributed by atoms with Crippen LogP contribution in [0.15, 0.2) is 11.0 Å². The third-order valence-corrected chi connectivity index (χ3v) is 3.03. The fourth-order valence-corrected chi connectivity index (χ4v) is 2.09. The van der Waals surface area contributed by atoms with Crippen LogP contribution >= 0.6 is 12.2 Å². The number of aromatic nitrogens is 2. The van der Waals surface area contributed by atoms with Gasteiger partial charge in [-0.1, -0.05) is 0 Å². The zero-order valence-electron chi connectivity index (χ0n) is 8.96. The summed E-state index contributed by atoms with van der Waals surface area (Å²) in [5.74, 6) is 0. The Bertz CT molecular complexity index is 536. The second kappa shape index (κ2) is 4.91. The summed E-state index contributed by atoms with van der Waals surface area (Å²) in [5.41, 5.74) is -0.493. The number of nitrogens with zero attached hydrogens (tertiary/aromatic N) is 1. The molecule has 2 N–H and O–H groups in total. The maximum Gasteiger partial charge on any atom is 0.262 e. The van der Waals surface area contributed by atoms with Crippen molar-refractivity contribution in [1.82, 2.24) is 9.55 Å². The van der Waals surface area contributed by atoms with Gasteiger partial charge in [0.2, 0.25) is 0 Å². The van der Waals surface area contributed by atoms with Gasteiger partial charge in [-0.25, -0.2) is 0 Å². The van der Waals surface area contributed by atoms with Gasteiger partial charge in [-0.3, -0.25) is 19.1 Å². The summed E-state index contributed by atoms with van der Waals surface area (Å²) in [6.07, 6.45) is 2.72. The van der Waals surface area contributed by atoms with Crippen molar-refractivity contribution in [2.75, 3.05) is 6.61 Å². The topological polar surface area (TPSA) is 84.3 Å². The molecule has 1 fully saturated rings. The third-order valence-electron chi connectivity index (χ3n) is 2.72. The number of aldehydes is 1. The van der Waals surface area contributed by atoms with E-state index in [0.29, 0.717) is 12.7 Å². The van der Waals surface area contributed by atoms with E-state index >= 15 is 0 Å². The molecule has 0 saturated carbocycles. The Hall–Kier alpha value is -1.31. The number of ether oxygens (including phenoxy) is 1. The first-order valence-corrected chi connectivity index (χ1v) is 5.63. The quantitative estimate of drug-likeness (QED) is 0.603. The molecular weight excluding hydrogens is 244 g/mol. The number of aliphatic hydroxyl groups is 1. The summed E-state index contributed by atoms with van der Waals surface area (Å²) in [6.45, 7) is -0.0479. The van der Waals surface area contributed by atoms with Crippen LogP contribution in [0.5, 0.6) is 0 Å². The van der Waals surface area contributed by atoms with Crippen molar-refractivity contribution in [1.29, 1.82) is 0 Å². The van der Waals surface area contributed by atoms with Gasteiger partial charge in [0.05, 0.1) is 18.3 Å². The van der Waals surface area contributed by atoms with Crippen LogP contribution in [0.1, 0.15) is 29.4 Å². The highest BCUT2D eigenvalue weighted by Crippen LogP contribution is 2.27. The van der Waals surface area contributed by atoms with Crippen molar-refractivity contribution in [3.05, 3.63) is 26.9 Å². The average Bonchev–Trinajstić information content (AvgIpc) is 2.78. The van der Waals surface area contributed by atoms with E-state index in [4.69, 9.17) is 22.1 Å². The largest absolute Gasteiger partial charge is 0.394 e. The van der Waals surface area contributed by atoms with Gasteiger partial charge in [-0.15, -0.1) is 0 Å². The molecule has 1 aromatic rings. The highest BCUT2D eigenvalue weighted by Gasteiger charge is 2.26. The molecule has 6 nitrogen and oxygen atoms in total. The molecule has 7 heteroatoms. The summed E-state index contributed by atoms with van der Waals surface area (Å²) < 4.78 is 7.28. The van der Waals surface area contributed by atoms with Gasteiger partial charge in [-0.2, -0.15) is 0 Å². The third kappa shape index (κ3) is 2.36. The molecule has 0 bridgehead atoms. The van der Waals surface area contributed by atoms with Gasteiger partial charge >= 0.3 is 0 Å². The number of hydrogen-bond acceptors (Lipinski definition) is 5. The number of carbonyl (C=O) groups is 1. The molecule has 17 heavy (non-hydrogen) atoms. The molecular formula is C10H12N2O4S. The summed E-state index contributed by atoms with van der Waals surface area (Å²) in [6, 6.07) is 0. The highest BCUT2D eigenvalue weighted by molar-refractivity contribution is 7.71. The molecule has 1 aliphatic rings. The lowest BCUT2D eigenvalue weighted by atomic mass is 10.2. The van der Waals surface area contributed by atoms with Crippen LogP contribution in [0, 0.1) is 4.77 Å². The second-order valence-electron chi connectivity index (χ2n) is 3.84. The van der Waals surface area contributed by atoms with E-state index in [9.17, 15) is 9.59 Å². The lowest BCUT2D eigenvalue weighted by molar-refractivity contribution is -0.0237. The van der Waals surface area contributed by atoms with E-state index < -0.39 is 5.56 Å². The van der Waals surface area contributed by atoms with E-state index in [1.807, 2.05) is 0 Å². The maximum atomic E-state index is 11.3. The minimum absolute atomic E-state index is 0.00893. The van der Waals surface area contributed by atoms with E-state index in [1.165, 1.54) is 10.8 Å². The van der Waals surface area contributed by atoms with Gasteiger partial charge in [0.25, 0.3) is 5.56 Å². The van der Waals surface area contributed by atoms with Gasteiger partial charge in [0, 0.05) is 6.20 Å². The van der Waals surface area contributed by atoms with Gasteiger partial charge in [0.15, 0.2) is 11.1 Å². The first-order valence-electron chi connectivity index (χ1n) is 5.22. The van der Waals surface area contributed by atoms with Crippen LogP contribution < -0.4 is 5.56 Å². The predicted molar refractivity (Wildman–Crippen MR) is 61.5 cm³/mol. The van der Waals surface area contributed by atoms with Crippen molar-refractivity contribution in [2.24, 2.45) is 0 Å². The second-order valence-corrected chi connectivity index (χ2v) is 4.23. The molecule has 1 aromatic heterocycles. The summed E-state index contributed by atoms with van der Waals surface area (Å²) in [7, 11) is 0. The Labute approximate surface area is 102 Å². The average molecular weight is 256 g/mol. The lowest BCUT2D eigenvalue weighted by Crippen LogP contribution is -2.21. The zero-order valence-corrected chi connectivity index (χ0v) is 9.77. The first-order chi connectivity index (χ1) is 8.15. The highest BCUT2D eigenvalue weighted by atomic mass is 32.1. The Morgan fingerprint density at radius 2 is 2.41 bits per heavy atom. The molecule has 2 atom stereocenters. The molecule has 0 radical (unpaired) electrons. The lowest BCUT2D eigenvalue weighted by Gasteiger charge is -2.15.